The number of esters is 3. The number of anilines is 10. The van der Waals surface area contributed by atoms with Gasteiger partial charge >= 0.3 is 24.0 Å². The van der Waals surface area contributed by atoms with Gasteiger partial charge in [-0.25, -0.2) is 59.0 Å². The highest BCUT2D eigenvalue weighted by atomic mass is 127. The quantitative estimate of drug-likeness (QED) is 0.0116. The fraction of sp³-hybridized carbons (Fsp3) is 0.397. The summed E-state index contributed by atoms with van der Waals surface area (Å²) in [6.07, 6.45) is 4.63. The van der Waals surface area contributed by atoms with Crippen molar-refractivity contribution in [2.24, 2.45) is 41.1 Å². The second-order valence-electron chi connectivity index (χ2n) is 28.8. The van der Waals surface area contributed by atoms with Crippen LogP contribution >= 0.6 is 112 Å². The van der Waals surface area contributed by atoms with Gasteiger partial charge in [0, 0.05) is 60.6 Å². The third-order valence-electron chi connectivity index (χ3n) is 14.5. The molecular weight excluding hydrogens is 1950 g/mol. The maximum absolute atomic E-state index is 12.9. The summed E-state index contributed by atoms with van der Waals surface area (Å²) in [5, 5.41) is 11.7. The van der Waals surface area contributed by atoms with E-state index in [1.165, 1.54) is 96.5 Å². The number of aromatic amines is 1. The molecule has 668 valence electrons. The molecule has 0 spiro atoms. The molecule has 0 aliphatic rings. The van der Waals surface area contributed by atoms with Crippen LogP contribution in [0.15, 0.2) is 113 Å². The van der Waals surface area contributed by atoms with Crippen molar-refractivity contribution >= 4 is 206 Å². The molecule has 0 fully saturated rings. The van der Waals surface area contributed by atoms with E-state index in [0.717, 1.165) is 11.6 Å². The van der Waals surface area contributed by atoms with E-state index in [1.807, 2.05) is 62.3 Å². The Labute approximate surface area is 764 Å². The highest BCUT2D eigenvalue weighted by Crippen LogP contribution is 2.27. The van der Waals surface area contributed by atoms with E-state index in [-0.39, 0.29) is 147 Å². The molecule has 0 unspecified atom stereocenters. The minimum Gasteiger partial charge on any atom is -0.461 e. The van der Waals surface area contributed by atoms with E-state index >= 15 is 0 Å². The lowest BCUT2D eigenvalue weighted by molar-refractivity contribution is 0.0501. The summed E-state index contributed by atoms with van der Waals surface area (Å²) in [4.78, 5) is 165. The summed E-state index contributed by atoms with van der Waals surface area (Å²) < 4.78 is 26.8. The van der Waals surface area contributed by atoms with Gasteiger partial charge in [0.15, 0.2) is 0 Å². The van der Waals surface area contributed by atoms with E-state index < -0.39 is 58.1 Å². The van der Waals surface area contributed by atoms with Gasteiger partial charge in [-0.2, -0.15) is 0 Å². The summed E-state index contributed by atoms with van der Waals surface area (Å²) >= 11 is 38.8. The number of nitrogens with two attached hydrogens (primary N) is 5. The van der Waals surface area contributed by atoms with Crippen LogP contribution < -0.4 is 77.7 Å². The van der Waals surface area contributed by atoms with Crippen LogP contribution in [0, 0.1) is 36.5 Å². The summed E-state index contributed by atoms with van der Waals surface area (Å²) in [5.74, 6) is 0.375. The average molecular weight is 2050 g/mol. The van der Waals surface area contributed by atoms with Crippen LogP contribution in [0.4, 0.5) is 62.6 Å². The van der Waals surface area contributed by atoms with Gasteiger partial charge in [-0.1, -0.05) is 150 Å². The Hall–Kier alpha value is -10.4. The zero-order chi connectivity index (χ0) is 93.2. The molecule has 37 nitrogen and oxygen atoms in total. The summed E-state index contributed by atoms with van der Waals surface area (Å²) in [5.41, 5.74) is 26.2. The number of hydrogen-bond donors (Lipinski definition) is 10. The Kier molecular flexibility index (Phi) is 44.9. The zero-order valence-electron chi connectivity index (χ0n) is 70.4. The van der Waals surface area contributed by atoms with Crippen molar-refractivity contribution in [1.82, 2.24) is 63.1 Å². The fourth-order valence-electron chi connectivity index (χ4n) is 9.74. The molecule has 0 aliphatic heterocycles. The van der Waals surface area contributed by atoms with Crippen LogP contribution in [-0.4, -0.2) is 129 Å². The Morgan fingerprint density at radius 2 is 0.756 bits per heavy atom. The molecule has 9 rings (SSSR count). The number of pyridine rings is 5. The molecular formula is C78H100Br2Cl5IN22O15. The lowest BCUT2D eigenvalue weighted by atomic mass is 10.2. The number of H-pyrrole nitrogens is 1. The first-order valence-corrected chi connectivity index (χ1v) is 42.5. The summed E-state index contributed by atoms with van der Waals surface area (Å²) in [7, 11) is 0. The molecule has 0 saturated heterocycles. The van der Waals surface area contributed by atoms with Gasteiger partial charge in [0.2, 0.25) is 0 Å². The Bertz CT molecular complexity index is 5340. The monoisotopic (exact) mass is 2040 g/mol. The molecule has 0 atom stereocenters. The number of ether oxygens (including phenoxy) is 4. The van der Waals surface area contributed by atoms with E-state index in [2.05, 4.69) is 134 Å². The number of carbonyl (C=O) groups excluding carboxylic acids is 6. The van der Waals surface area contributed by atoms with Gasteiger partial charge in [-0.15, -0.1) is 0 Å². The van der Waals surface area contributed by atoms with Crippen molar-refractivity contribution in [1.29, 1.82) is 0 Å². The Morgan fingerprint density at radius 3 is 1.09 bits per heavy atom. The summed E-state index contributed by atoms with van der Waals surface area (Å²) in [6, 6.07) is 13.0. The number of aromatic nitrogens is 13. The number of rotatable bonds is 24. The first kappa shape index (κ1) is 107. The number of nitrogen functional groups attached to an aromatic ring is 3. The smallest absolute Gasteiger partial charge is 0.413 e. The predicted molar refractivity (Wildman–Crippen MR) is 494 cm³/mol. The van der Waals surface area contributed by atoms with Gasteiger partial charge in [0.25, 0.3) is 39.6 Å². The van der Waals surface area contributed by atoms with Crippen molar-refractivity contribution in [3.63, 3.8) is 0 Å². The third kappa shape index (κ3) is 35.8. The third-order valence-corrected chi connectivity index (χ3v) is 18.9. The van der Waals surface area contributed by atoms with Crippen molar-refractivity contribution in [2.45, 2.75) is 149 Å². The molecule has 0 aliphatic carbocycles. The van der Waals surface area contributed by atoms with E-state index in [0.29, 0.717) is 53.9 Å². The molecule has 0 saturated carbocycles. The molecule has 9 heterocycles. The van der Waals surface area contributed by atoms with Crippen LogP contribution in [0.2, 0.25) is 25.1 Å². The zero-order valence-corrected chi connectivity index (χ0v) is 79.6. The highest BCUT2D eigenvalue weighted by Gasteiger charge is 2.26. The molecule has 9 aromatic heterocycles. The van der Waals surface area contributed by atoms with Crippen molar-refractivity contribution in [3.05, 3.63) is 200 Å². The number of aryl methyl sites for hydroxylation is 1. The molecule has 45 heteroatoms. The second kappa shape index (κ2) is 51.7. The number of hydrogen-bond acceptors (Lipinski definition) is 29. The van der Waals surface area contributed by atoms with Gasteiger partial charge in [0.1, 0.15) is 117 Å². The van der Waals surface area contributed by atoms with Gasteiger partial charge in [0.05, 0.1) is 53.9 Å². The summed E-state index contributed by atoms with van der Waals surface area (Å²) in [6.45, 7) is 34.1. The number of nitrogens with zero attached hydrogens (tertiary/aromatic N) is 12. The number of nitrogens with one attached hydrogen (secondary N) is 5. The number of alkyl halides is 1. The lowest BCUT2D eigenvalue weighted by Gasteiger charge is -2.19. The topological polar surface area (TPSA) is 542 Å². The van der Waals surface area contributed by atoms with Crippen LogP contribution in [0.1, 0.15) is 169 Å². The number of halogens is 8. The highest BCUT2D eigenvalue weighted by molar-refractivity contribution is 14.1. The van der Waals surface area contributed by atoms with Crippen molar-refractivity contribution in [3.8, 4) is 0 Å². The van der Waals surface area contributed by atoms with Crippen LogP contribution in [-0.2, 0) is 45.1 Å². The van der Waals surface area contributed by atoms with Crippen LogP contribution in [0.3, 0.4) is 0 Å². The molecule has 15 N–H and O–H groups in total. The Balaban J connectivity index is 0.000000381. The molecule has 0 radical (unpaired) electrons. The van der Waals surface area contributed by atoms with E-state index in [4.69, 9.17) is 106 Å². The molecule has 123 heavy (non-hydrogen) atoms. The van der Waals surface area contributed by atoms with E-state index in [9.17, 15) is 52.7 Å². The van der Waals surface area contributed by atoms with Gasteiger partial charge < -0.3 is 82.3 Å². The number of primary amides is 2. The van der Waals surface area contributed by atoms with Crippen LogP contribution in [0.25, 0.3) is 0 Å². The minimum absolute atomic E-state index is 0.0156. The minimum atomic E-state index is -0.759. The molecule has 9 aromatic rings. The Morgan fingerprint density at radius 1 is 0.447 bits per heavy atom. The van der Waals surface area contributed by atoms with Crippen LogP contribution in [0.5, 0.6) is 0 Å². The molecule has 0 aromatic carbocycles. The first-order chi connectivity index (χ1) is 57.5. The molecule has 3 amide bonds. The normalized spacial score (nSPS) is 10.7. The van der Waals surface area contributed by atoms with E-state index in [1.54, 1.807) is 47.6 Å². The lowest BCUT2D eigenvalue weighted by Crippen LogP contribution is -2.32. The fourth-order valence-corrected chi connectivity index (χ4v) is 12.2. The van der Waals surface area contributed by atoms with Crippen molar-refractivity contribution in [2.75, 3.05) is 62.7 Å². The second-order valence-corrected chi connectivity index (χ2v) is 33.5. The van der Waals surface area contributed by atoms with Crippen molar-refractivity contribution < 1.29 is 47.7 Å². The average Bonchev–Trinajstić information content (AvgIpc) is 0.803. The largest absolute Gasteiger partial charge is 0.461 e. The maximum atomic E-state index is 12.9. The predicted octanol–water partition coefficient (Wildman–Crippen LogP) is 14.5. The van der Waals surface area contributed by atoms with Gasteiger partial charge in [-0.05, 0) is 140 Å². The number of amides is 3. The maximum Gasteiger partial charge on any atom is 0.413 e. The molecule has 0 bridgehead atoms. The SMILES string of the molecule is CC(C)(C)OC(=O)Nc1cc(N)ncn1.CC(C)CI.CC(C)Cn1c(C(N)=O)c(Cl)cc(Nc2cc(N)ncn2)c1=O.CC(C)Cn1c(C(N)=O)c(Cl)cc(Nc2cc(N)ncn2)c1=O.CCOC(=O)c1[nH]c(=O)c(Br)cc1Cl.CCOC(=O)c1c(Cl)cc(Br)c(=O)n1CC(C)C.CCOC(=O)c1c(Cl)cc(Nc2cc(C)ncn2)c(=O)n1CC(C)C. The standard InChI is InChI=1S/C17H21ClN4O3.2C14H17ClN6O2.C12H15BrClNO3.C9H14N4O2.C8H7BrClNO3.C4H9I/c1-5-25-17(24)15-12(18)7-13(16(23)22(15)8-10(2)3)21-14-6-11(4)19-9-20-14;2*1-7(2)5-21-12(13(17)22)8(15)3-9(14(21)23)20-11-4-10(16)18-6-19-11;1-4-18-12(17)10-9(14)5-8(13)11(16)15(10)6-7(2)3;1-9(2,3)15-8(14)13-7-4-6(10)11-5-12-7;1-2-14-8(13)6-5(10)3-4(9)7(12)11-6;1-4(2)3-5/h6-7,9-10H,5,8H2,1-4H3,(H,19,20,21);2*3-4,6-7H,5H2,1-2H3,(H2,17,22)(H3,16,18,19,20);5,7H,4,6H2,1-3H3;4-5H,1-3H3,(H3,10,11,12,13,14);3H,2H2,1H3,(H,11,12);4H,3H2,1-2H3. The van der Waals surface area contributed by atoms with Gasteiger partial charge in [-0.3, -0.25) is 43.4 Å². The first-order valence-electron chi connectivity index (χ1n) is 37.5. The number of carbonyl (C=O) groups is 6.